The summed E-state index contributed by atoms with van der Waals surface area (Å²) in [6.45, 7) is 1.74. The van der Waals surface area contributed by atoms with E-state index in [4.69, 9.17) is 5.11 Å². The van der Waals surface area contributed by atoms with E-state index in [0.717, 1.165) is 18.9 Å². The molecule has 2 nitrogen and oxygen atoms in total. The third kappa shape index (κ3) is 10.1. The zero-order chi connectivity index (χ0) is 10.6. The summed E-state index contributed by atoms with van der Waals surface area (Å²) >= 11 is 0. The van der Waals surface area contributed by atoms with Gasteiger partial charge in [0.25, 0.3) is 0 Å². The summed E-state index contributed by atoms with van der Waals surface area (Å²) < 4.78 is 0. The molecule has 0 aliphatic rings. The fourth-order valence-corrected chi connectivity index (χ4v) is 0.637. The van der Waals surface area contributed by atoms with E-state index in [2.05, 4.69) is 23.7 Å². The van der Waals surface area contributed by atoms with Crippen molar-refractivity contribution in [1.82, 2.24) is 0 Å². The first kappa shape index (κ1) is 12.1. The number of carboxylic acid groups (broad SMARTS) is 1. The molecule has 0 bridgehead atoms. The van der Waals surface area contributed by atoms with Gasteiger partial charge in [-0.2, -0.15) is 0 Å². The van der Waals surface area contributed by atoms with Crippen LogP contribution in [0.25, 0.3) is 0 Å². The minimum atomic E-state index is -0.937. The van der Waals surface area contributed by atoms with Gasteiger partial charge in [-0.1, -0.05) is 30.1 Å². The maximum Gasteiger partial charge on any atom is 0.328 e. The average molecular weight is 188 g/mol. The van der Waals surface area contributed by atoms with Crippen LogP contribution in [0.15, 0.2) is 24.3 Å². The van der Waals surface area contributed by atoms with E-state index >= 15 is 0 Å². The molecule has 0 fully saturated rings. The molecule has 0 aromatic rings. The first-order valence-corrected chi connectivity index (χ1v) is 4.23. The van der Waals surface area contributed by atoms with Gasteiger partial charge in [0.2, 0.25) is 0 Å². The van der Waals surface area contributed by atoms with E-state index < -0.39 is 5.97 Å². The summed E-state index contributed by atoms with van der Waals surface area (Å²) in [5.41, 5.74) is 0. The predicted molar refractivity (Wildman–Crippen MR) is 56.4 cm³/mol. The van der Waals surface area contributed by atoms with Crippen molar-refractivity contribution in [3.8, 4) is 23.7 Å². The summed E-state index contributed by atoms with van der Waals surface area (Å²) in [5, 5.41) is 8.26. The Morgan fingerprint density at radius 1 is 1.36 bits per heavy atom. The maximum atomic E-state index is 10.0. The fraction of sp³-hybridized carbons (Fsp3) is 0.250. The monoisotopic (exact) mass is 188 g/mol. The number of carbonyl (C=O) groups is 1. The SMILES string of the molecule is CC#CC#CCC/C=C/C=C/C(=O)O. The molecule has 0 saturated heterocycles. The van der Waals surface area contributed by atoms with Crippen molar-refractivity contribution in [2.75, 3.05) is 0 Å². The van der Waals surface area contributed by atoms with Crippen LogP contribution in [0.2, 0.25) is 0 Å². The predicted octanol–water partition coefficient (Wildman–Crippen LogP) is 1.99. The second-order valence-corrected chi connectivity index (χ2v) is 2.34. The van der Waals surface area contributed by atoms with Crippen LogP contribution in [-0.4, -0.2) is 11.1 Å². The Bertz CT molecular complexity index is 340. The summed E-state index contributed by atoms with van der Waals surface area (Å²) in [5.74, 6) is 9.93. The molecule has 0 unspecified atom stereocenters. The summed E-state index contributed by atoms with van der Waals surface area (Å²) in [6, 6.07) is 0. The normalized spacial score (nSPS) is 9.21. The zero-order valence-corrected chi connectivity index (χ0v) is 8.08. The molecular formula is C12H12O2. The minimum absolute atomic E-state index is 0.742. The standard InChI is InChI=1S/C12H12O2/c1-2-3-4-5-6-7-8-9-10-11-12(13)14/h8-11H,6-7H2,1H3,(H,13,14)/b9-8+,11-10+. The van der Waals surface area contributed by atoms with Gasteiger partial charge in [0.15, 0.2) is 0 Å². The van der Waals surface area contributed by atoms with E-state index in [1.807, 2.05) is 6.08 Å². The van der Waals surface area contributed by atoms with Crippen molar-refractivity contribution in [2.45, 2.75) is 19.8 Å². The van der Waals surface area contributed by atoms with E-state index in [1.165, 1.54) is 6.08 Å². The van der Waals surface area contributed by atoms with Gasteiger partial charge in [0.1, 0.15) is 0 Å². The van der Waals surface area contributed by atoms with Crippen LogP contribution in [0.3, 0.4) is 0 Å². The minimum Gasteiger partial charge on any atom is -0.478 e. The highest BCUT2D eigenvalue weighted by atomic mass is 16.4. The number of hydrogen-bond donors (Lipinski definition) is 1. The second kappa shape index (κ2) is 9.16. The van der Waals surface area contributed by atoms with Gasteiger partial charge in [-0.15, -0.1) is 0 Å². The third-order valence-electron chi connectivity index (χ3n) is 1.20. The lowest BCUT2D eigenvalue weighted by Crippen LogP contribution is -1.84. The average Bonchev–Trinajstić information content (AvgIpc) is 2.15. The van der Waals surface area contributed by atoms with Crippen molar-refractivity contribution < 1.29 is 9.90 Å². The lowest BCUT2D eigenvalue weighted by Gasteiger charge is -1.80. The highest BCUT2D eigenvalue weighted by Gasteiger charge is 1.80. The first-order valence-electron chi connectivity index (χ1n) is 4.23. The smallest absolute Gasteiger partial charge is 0.328 e. The number of hydrogen-bond acceptors (Lipinski definition) is 1. The van der Waals surface area contributed by atoms with Gasteiger partial charge in [0.05, 0.1) is 0 Å². The van der Waals surface area contributed by atoms with Crippen molar-refractivity contribution in [1.29, 1.82) is 0 Å². The molecule has 2 heteroatoms. The maximum absolute atomic E-state index is 10.0. The van der Waals surface area contributed by atoms with E-state index in [0.29, 0.717) is 0 Å². The van der Waals surface area contributed by atoms with Gasteiger partial charge in [-0.25, -0.2) is 4.79 Å². The van der Waals surface area contributed by atoms with Crippen LogP contribution >= 0.6 is 0 Å². The Balaban J connectivity index is 3.59. The summed E-state index contributed by atoms with van der Waals surface area (Å²) in [4.78, 5) is 10.0. The zero-order valence-electron chi connectivity index (χ0n) is 8.08. The van der Waals surface area contributed by atoms with Crippen LogP contribution in [0, 0.1) is 23.7 Å². The molecule has 0 amide bonds. The lowest BCUT2D eigenvalue weighted by molar-refractivity contribution is -0.131. The molecule has 14 heavy (non-hydrogen) atoms. The molecule has 0 aliphatic carbocycles. The van der Waals surface area contributed by atoms with Crippen LogP contribution < -0.4 is 0 Å². The van der Waals surface area contributed by atoms with Crippen molar-refractivity contribution in [3.63, 3.8) is 0 Å². The molecule has 0 heterocycles. The highest BCUT2D eigenvalue weighted by molar-refractivity contribution is 5.80. The van der Waals surface area contributed by atoms with E-state index in [9.17, 15) is 4.79 Å². The molecule has 0 atom stereocenters. The quantitative estimate of drug-likeness (QED) is 0.317. The van der Waals surface area contributed by atoms with Crippen LogP contribution in [0.4, 0.5) is 0 Å². The van der Waals surface area contributed by atoms with E-state index in [1.54, 1.807) is 13.0 Å². The van der Waals surface area contributed by atoms with Gasteiger partial charge in [-0.3, -0.25) is 0 Å². The number of aliphatic carboxylic acids is 1. The molecule has 0 spiro atoms. The first-order chi connectivity index (χ1) is 6.77. The lowest BCUT2D eigenvalue weighted by atomic mass is 10.3. The number of unbranched alkanes of at least 4 members (excludes halogenated alkanes) is 1. The molecular weight excluding hydrogens is 176 g/mol. The van der Waals surface area contributed by atoms with Gasteiger partial charge >= 0.3 is 5.97 Å². The Kier molecular flexibility index (Phi) is 7.90. The molecule has 0 aliphatic heterocycles. The summed E-state index contributed by atoms with van der Waals surface area (Å²) in [6.07, 6.45) is 7.69. The number of carboxylic acids is 1. The molecule has 0 saturated carbocycles. The van der Waals surface area contributed by atoms with Crippen molar-refractivity contribution in [2.24, 2.45) is 0 Å². The van der Waals surface area contributed by atoms with Crippen LogP contribution in [-0.2, 0) is 4.79 Å². The fourth-order valence-electron chi connectivity index (χ4n) is 0.637. The molecule has 0 aromatic heterocycles. The number of allylic oxidation sites excluding steroid dienone is 3. The van der Waals surface area contributed by atoms with Gasteiger partial charge in [-0.05, 0) is 25.2 Å². The van der Waals surface area contributed by atoms with Gasteiger partial charge in [0, 0.05) is 12.5 Å². The van der Waals surface area contributed by atoms with Crippen molar-refractivity contribution >= 4 is 5.97 Å². The number of rotatable bonds is 4. The highest BCUT2D eigenvalue weighted by Crippen LogP contribution is 1.89. The Morgan fingerprint density at radius 2 is 2.14 bits per heavy atom. The largest absolute Gasteiger partial charge is 0.478 e. The van der Waals surface area contributed by atoms with Gasteiger partial charge < -0.3 is 5.11 Å². The molecule has 0 radical (unpaired) electrons. The summed E-state index contributed by atoms with van der Waals surface area (Å²) in [7, 11) is 0. The van der Waals surface area contributed by atoms with Crippen LogP contribution in [0.5, 0.6) is 0 Å². The second-order valence-electron chi connectivity index (χ2n) is 2.34. The van der Waals surface area contributed by atoms with Crippen molar-refractivity contribution in [3.05, 3.63) is 24.3 Å². The molecule has 0 aromatic carbocycles. The molecule has 0 rings (SSSR count). The molecule has 72 valence electrons. The topological polar surface area (TPSA) is 37.3 Å². The Morgan fingerprint density at radius 3 is 2.79 bits per heavy atom. The van der Waals surface area contributed by atoms with Crippen LogP contribution in [0.1, 0.15) is 19.8 Å². The Hall–Kier alpha value is -1.93. The Labute approximate surface area is 84.3 Å². The van der Waals surface area contributed by atoms with E-state index in [-0.39, 0.29) is 0 Å². The molecule has 1 N–H and O–H groups in total. The third-order valence-corrected chi connectivity index (χ3v) is 1.20.